The van der Waals surface area contributed by atoms with E-state index in [0.717, 1.165) is 12.1 Å². The maximum Gasteiger partial charge on any atom is 0.261 e. The highest BCUT2D eigenvalue weighted by Crippen LogP contribution is 2.17. The molecule has 0 heterocycles. The maximum atomic E-state index is 12.9. The quantitative estimate of drug-likeness (QED) is 0.553. The van der Waals surface area contributed by atoms with Crippen LogP contribution in [0.3, 0.4) is 0 Å². The van der Waals surface area contributed by atoms with Crippen LogP contribution in [0, 0.1) is 5.82 Å². The third-order valence-electron chi connectivity index (χ3n) is 3.92. The van der Waals surface area contributed by atoms with Crippen LogP contribution in [-0.4, -0.2) is 27.5 Å². The Bertz CT molecular complexity index is 1050. The van der Waals surface area contributed by atoms with Crippen LogP contribution >= 0.6 is 0 Å². The minimum atomic E-state index is -3.84. The molecule has 0 saturated heterocycles. The zero-order valence-electron chi connectivity index (χ0n) is 15.3. The Hall–Kier alpha value is -3.39. The van der Waals surface area contributed by atoms with Crippen molar-refractivity contribution in [2.75, 3.05) is 17.9 Å². The van der Waals surface area contributed by atoms with Crippen molar-refractivity contribution in [3.8, 4) is 5.75 Å². The molecule has 150 valence electrons. The first-order valence-electron chi connectivity index (χ1n) is 8.78. The Morgan fingerprint density at radius 2 is 1.55 bits per heavy atom. The Morgan fingerprint density at radius 3 is 2.21 bits per heavy atom. The summed E-state index contributed by atoms with van der Waals surface area (Å²) in [4.78, 5) is 12.2. The van der Waals surface area contributed by atoms with E-state index in [1.54, 1.807) is 0 Å². The zero-order chi connectivity index (χ0) is 20.7. The number of anilines is 1. The van der Waals surface area contributed by atoms with Gasteiger partial charge < -0.3 is 10.1 Å². The number of nitrogens with one attached hydrogen (secondary N) is 2. The van der Waals surface area contributed by atoms with Gasteiger partial charge in [0.25, 0.3) is 15.9 Å². The minimum absolute atomic E-state index is 0.00853. The van der Waals surface area contributed by atoms with E-state index in [9.17, 15) is 17.6 Å². The third kappa shape index (κ3) is 5.79. The molecule has 0 aliphatic rings. The summed E-state index contributed by atoms with van der Waals surface area (Å²) in [6.45, 7) is 0.615. The predicted octanol–water partition coefficient (Wildman–Crippen LogP) is 3.44. The number of sulfonamides is 1. The second-order valence-electron chi connectivity index (χ2n) is 6.05. The summed E-state index contributed by atoms with van der Waals surface area (Å²) in [6.07, 6.45) is 0. The fraction of sp³-hybridized carbons (Fsp3) is 0.0952. The van der Waals surface area contributed by atoms with Gasteiger partial charge in [-0.2, -0.15) is 0 Å². The lowest BCUT2D eigenvalue weighted by molar-refractivity contribution is 0.0947. The molecular weight excluding hydrogens is 395 g/mol. The Labute approximate surface area is 168 Å². The molecule has 6 nitrogen and oxygen atoms in total. The van der Waals surface area contributed by atoms with Crippen LogP contribution in [0.4, 0.5) is 10.1 Å². The van der Waals surface area contributed by atoms with Crippen LogP contribution in [0.5, 0.6) is 5.75 Å². The van der Waals surface area contributed by atoms with E-state index in [1.807, 2.05) is 30.3 Å². The van der Waals surface area contributed by atoms with Crippen LogP contribution in [0.25, 0.3) is 0 Å². The first-order chi connectivity index (χ1) is 13.9. The standard InChI is InChI=1S/C21H19FN2O4S/c22-17-8-10-18(11-9-17)24-29(26,27)20-12-6-16(7-13-20)21(25)23-14-15-28-19-4-2-1-3-5-19/h1-13,24H,14-15H2,(H,23,25). The summed E-state index contributed by atoms with van der Waals surface area (Å²) < 4.78 is 45.6. The summed E-state index contributed by atoms with van der Waals surface area (Å²) in [5, 5.41) is 2.71. The van der Waals surface area contributed by atoms with Crippen molar-refractivity contribution >= 4 is 21.6 Å². The average molecular weight is 414 g/mol. The predicted molar refractivity (Wildman–Crippen MR) is 108 cm³/mol. The molecule has 0 bridgehead atoms. The molecule has 0 radical (unpaired) electrons. The SMILES string of the molecule is O=C(NCCOc1ccccc1)c1ccc(S(=O)(=O)Nc2ccc(F)cc2)cc1. The molecule has 3 aromatic rings. The monoisotopic (exact) mass is 414 g/mol. The molecule has 0 aliphatic carbocycles. The summed E-state index contributed by atoms with van der Waals surface area (Å²) >= 11 is 0. The number of ether oxygens (including phenoxy) is 1. The van der Waals surface area contributed by atoms with Crippen molar-refractivity contribution in [1.29, 1.82) is 0 Å². The molecule has 0 atom stereocenters. The lowest BCUT2D eigenvalue weighted by Gasteiger charge is -2.10. The number of rotatable bonds is 8. The largest absolute Gasteiger partial charge is 0.492 e. The molecule has 3 rings (SSSR count). The van der Waals surface area contributed by atoms with Crippen molar-refractivity contribution < 1.29 is 22.3 Å². The van der Waals surface area contributed by atoms with E-state index in [-0.39, 0.29) is 16.5 Å². The molecule has 0 unspecified atom stereocenters. The van der Waals surface area contributed by atoms with E-state index in [0.29, 0.717) is 24.5 Å². The number of carbonyl (C=O) groups is 1. The summed E-state index contributed by atoms with van der Waals surface area (Å²) in [5.74, 6) is -0.0838. The Kier molecular flexibility index (Phi) is 6.46. The van der Waals surface area contributed by atoms with Gasteiger partial charge in [-0.3, -0.25) is 9.52 Å². The molecule has 0 fully saturated rings. The van der Waals surface area contributed by atoms with Gasteiger partial charge in [0.15, 0.2) is 0 Å². The fourth-order valence-electron chi connectivity index (χ4n) is 2.47. The number of halogens is 1. The van der Waals surface area contributed by atoms with Gasteiger partial charge >= 0.3 is 0 Å². The topological polar surface area (TPSA) is 84.5 Å². The highest BCUT2D eigenvalue weighted by atomic mass is 32.2. The van der Waals surface area contributed by atoms with Crippen LogP contribution in [0.1, 0.15) is 10.4 Å². The van der Waals surface area contributed by atoms with Crippen molar-refractivity contribution in [3.63, 3.8) is 0 Å². The van der Waals surface area contributed by atoms with Crippen LogP contribution < -0.4 is 14.8 Å². The summed E-state index contributed by atoms with van der Waals surface area (Å²) in [5.41, 5.74) is 0.567. The normalized spacial score (nSPS) is 10.9. The van der Waals surface area contributed by atoms with Crippen molar-refractivity contribution in [3.05, 3.63) is 90.2 Å². The van der Waals surface area contributed by atoms with Crippen molar-refractivity contribution in [1.82, 2.24) is 5.32 Å². The molecule has 0 saturated carbocycles. The summed E-state index contributed by atoms with van der Waals surface area (Å²) in [6, 6.07) is 19.7. The van der Waals surface area contributed by atoms with Crippen molar-refractivity contribution in [2.45, 2.75) is 4.90 Å². The van der Waals surface area contributed by atoms with Crippen LogP contribution in [-0.2, 0) is 10.0 Å². The molecule has 0 spiro atoms. The van der Waals surface area contributed by atoms with E-state index in [4.69, 9.17) is 4.74 Å². The van der Waals surface area contributed by atoms with E-state index >= 15 is 0 Å². The second-order valence-corrected chi connectivity index (χ2v) is 7.74. The van der Waals surface area contributed by atoms with Gasteiger partial charge in [-0.15, -0.1) is 0 Å². The Morgan fingerprint density at radius 1 is 0.897 bits per heavy atom. The van der Waals surface area contributed by atoms with Gasteiger partial charge in [-0.25, -0.2) is 12.8 Å². The van der Waals surface area contributed by atoms with Gasteiger partial charge in [0.05, 0.1) is 11.4 Å². The van der Waals surface area contributed by atoms with Gasteiger partial charge in [0, 0.05) is 11.3 Å². The first kappa shape index (κ1) is 20.3. The number of hydrogen-bond donors (Lipinski definition) is 2. The maximum absolute atomic E-state index is 12.9. The smallest absolute Gasteiger partial charge is 0.261 e. The highest BCUT2D eigenvalue weighted by molar-refractivity contribution is 7.92. The van der Waals surface area contributed by atoms with Crippen LogP contribution in [0.15, 0.2) is 83.8 Å². The Balaban J connectivity index is 1.54. The number of benzene rings is 3. The van der Waals surface area contributed by atoms with Gasteiger partial charge in [0.1, 0.15) is 18.2 Å². The average Bonchev–Trinajstić information content (AvgIpc) is 2.73. The number of carbonyl (C=O) groups excluding carboxylic acids is 1. The molecule has 29 heavy (non-hydrogen) atoms. The van der Waals surface area contributed by atoms with E-state index in [1.165, 1.54) is 36.4 Å². The lowest BCUT2D eigenvalue weighted by Crippen LogP contribution is -2.28. The second kappa shape index (κ2) is 9.20. The number of amides is 1. The highest BCUT2D eigenvalue weighted by Gasteiger charge is 2.15. The molecule has 1 amide bonds. The summed E-state index contributed by atoms with van der Waals surface area (Å²) in [7, 11) is -3.84. The molecule has 3 aromatic carbocycles. The molecule has 0 aromatic heterocycles. The first-order valence-corrected chi connectivity index (χ1v) is 10.3. The van der Waals surface area contributed by atoms with Crippen LogP contribution in [0.2, 0.25) is 0 Å². The van der Waals surface area contributed by atoms with Gasteiger partial charge in [0.2, 0.25) is 0 Å². The third-order valence-corrected chi connectivity index (χ3v) is 5.32. The van der Waals surface area contributed by atoms with E-state index < -0.39 is 15.8 Å². The molecular formula is C21H19FN2O4S. The zero-order valence-corrected chi connectivity index (χ0v) is 16.2. The number of hydrogen-bond acceptors (Lipinski definition) is 4. The fourth-order valence-corrected chi connectivity index (χ4v) is 3.53. The van der Waals surface area contributed by atoms with Gasteiger partial charge in [-0.1, -0.05) is 18.2 Å². The van der Waals surface area contributed by atoms with Crippen molar-refractivity contribution in [2.24, 2.45) is 0 Å². The van der Waals surface area contributed by atoms with E-state index in [2.05, 4.69) is 10.0 Å². The van der Waals surface area contributed by atoms with Gasteiger partial charge in [-0.05, 0) is 60.7 Å². The molecule has 2 N–H and O–H groups in total. The minimum Gasteiger partial charge on any atom is -0.492 e. The number of para-hydroxylation sites is 1. The molecule has 8 heteroatoms. The molecule has 0 aliphatic heterocycles. The lowest BCUT2D eigenvalue weighted by atomic mass is 10.2.